The van der Waals surface area contributed by atoms with Crippen LogP contribution in [0.3, 0.4) is 0 Å². The van der Waals surface area contributed by atoms with Crippen LogP contribution in [0.4, 0.5) is 0 Å². The summed E-state index contributed by atoms with van der Waals surface area (Å²) in [7, 11) is -8.58. The minimum atomic E-state index is -4.29. The van der Waals surface area contributed by atoms with Crippen molar-refractivity contribution in [3.8, 4) is 17.6 Å². The number of Topliss-reactive ketones (excluding diaryl/α,β-unsaturated/α-hetero) is 1. The lowest BCUT2D eigenvalue weighted by Gasteiger charge is -2.13. The third-order valence-electron chi connectivity index (χ3n) is 4.32. The SMILES string of the molecule is CC(C)Oc1cc(C(=O)CS(=O)(=O)c2ccccc2S(N)(=O)=O)cnc1C#CC1CC1. The van der Waals surface area contributed by atoms with Crippen molar-refractivity contribution in [3.63, 3.8) is 0 Å². The number of carbonyl (C=O) groups is 1. The van der Waals surface area contributed by atoms with E-state index in [0.717, 1.165) is 25.0 Å². The van der Waals surface area contributed by atoms with E-state index in [1.54, 1.807) is 13.8 Å². The van der Waals surface area contributed by atoms with Crippen LogP contribution in [0.5, 0.6) is 5.75 Å². The lowest BCUT2D eigenvalue weighted by Crippen LogP contribution is -2.21. The number of carbonyl (C=O) groups excluding carboxylic acids is 1. The first-order valence-corrected chi connectivity index (χ1v) is 12.7. The third kappa shape index (κ3) is 5.91. The molecule has 1 heterocycles. The summed E-state index contributed by atoms with van der Waals surface area (Å²) >= 11 is 0. The predicted octanol–water partition coefficient (Wildman–Crippen LogP) is 1.93. The van der Waals surface area contributed by atoms with Gasteiger partial charge in [0.25, 0.3) is 0 Å². The second-order valence-electron chi connectivity index (χ2n) is 7.45. The second kappa shape index (κ2) is 8.78. The molecule has 1 aromatic carbocycles. The van der Waals surface area contributed by atoms with Crippen LogP contribution in [0, 0.1) is 17.8 Å². The first-order valence-electron chi connectivity index (χ1n) is 9.53. The maximum absolute atomic E-state index is 12.8. The Morgan fingerprint density at radius 2 is 1.84 bits per heavy atom. The number of rotatable bonds is 7. The van der Waals surface area contributed by atoms with Crippen LogP contribution in [0.1, 0.15) is 42.7 Å². The van der Waals surface area contributed by atoms with Crippen molar-refractivity contribution in [2.75, 3.05) is 5.75 Å². The van der Waals surface area contributed by atoms with Crippen molar-refractivity contribution in [2.45, 2.75) is 42.6 Å². The summed E-state index contributed by atoms with van der Waals surface area (Å²) in [6, 6.07) is 6.30. The van der Waals surface area contributed by atoms with Gasteiger partial charge in [0.15, 0.2) is 27.1 Å². The minimum absolute atomic E-state index is 0.0179. The zero-order valence-corrected chi connectivity index (χ0v) is 18.7. The largest absolute Gasteiger partial charge is 0.488 e. The highest BCUT2D eigenvalue weighted by molar-refractivity contribution is 7.94. The van der Waals surface area contributed by atoms with Gasteiger partial charge in [0.05, 0.1) is 11.0 Å². The summed E-state index contributed by atoms with van der Waals surface area (Å²) < 4.78 is 54.8. The van der Waals surface area contributed by atoms with Gasteiger partial charge >= 0.3 is 0 Å². The van der Waals surface area contributed by atoms with Gasteiger partial charge in [0.1, 0.15) is 10.6 Å². The third-order valence-corrected chi connectivity index (χ3v) is 7.09. The quantitative estimate of drug-likeness (QED) is 0.491. The molecule has 31 heavy (non-hydrogen) atoms. The Morgan fingerprint density at radius 3 is 2.42 bits per heavy atom. The van der Waals surface area contributed by atoms with Crippen molar-refractivity contribution in [1.29, 1.82) is 0 Å². The van der Waals surface area contributed by atoms with Crippen LogP contribution in [-0.4, -0.2) is 39.5 Å². The normalized spacial score (nSPS) is 14.1. The van der Waals surface area contributed by atoms with Crippen LogP contribution in [0.15, 0.2) is 46.3 Å². The molecule has 164 valence electrons. The van der Waals surface area contributed by atoms with Crippen LogP contribution in [0.2, 0.25) is 0 Å². The molecule has 2 N–H and O–H groups in total. The highest BCUT2D eigenvalue weighted by Crippen LogP contribution is 2.28. The average Bonchev–Trinajstić information content (AvgIpc) is 3.50. The molecular weight excluding hydrogens is 440 g/mol. The monoisotopic (exact) mass is 462 g/mol. The molecule has 0 saturated heterocycles. The van der Waals surface area contributed by atoms with E-state index in [9.17, 15) is 21.6 Å². The fourth-order valence-corrected chi connectivity index (χ4v) is 5.38. The summed E-state index contributed by atoms with van der Waals surface area (Å²) in [5, 5.41) is 5.12. The van der Waals surface area contributed by atoms with Gasteiger partial charge < -0.3 is 4.74 Å². The molecule has 2 aromatic rings. The number of ketones is 1. The number of nitrogens with zero attached hydrogens (tertiary/aromatic N) is 1. The standard InChI is InChI=1S/C21H22N2O6S2/c1-14(2)29-19-11-16(12-23-17(19)10-9-15-7-8-15)18(24)13-30(25,26)20-5-3-4-6-21(20)31(22,27)28/h3-6,11-12,14-15H,7-8,13H2,1-2H3,(H2,22,27,28). The molecule has 3 rings (SSSR count). The van der Waals surface area contributed by atoms with E-state index in [2.05, 4.69) is 16.8 Å². The molecule has 0 spiro atoms. The molecule has 1 aliphatic rings. The molecule has 0 bridgehead atoms. The maximum atomic E-state index is 12.8. The zero-order valence-electron chi connectivity index (χ0n) is 17.0. The van der Waals surface area contributed by atoms with Gasteiger partial charge in [0, 0.05) is 17.7 Å². The van der Waals surface area contributed by atoms with Crippen LogP contribution in [0.25, 0.3) is 0 Å². The maximum Gasteiger partial charge on any atom is 0.239 e. The highest BCUT2D eigenvalue weighted by atomic mass is 32.2. The molecule has 0 unspecified atom stereocenters. The van der Waals surface area contributed by atoms with Crippen LogP contribution >= 0.6 is 0 Å². The summed E-state index contributed by atoms with van der Waals surface area (Å²) in [5.74, 6) is 4.95. The number of nitrogens with two attached hydrogens (primary N) is 1. The van der Waals surface area contributed by atoms with Gasteiger partial charge in [-0.3, -0.25) is 4.79 Å². The van der Waals surface area contributed by atoms with Crippen LogP contribution < -0.4 is 9.88 Å². The predicted molar refractivity (Wildman–Crippen MR) is 114 cm³/mol. The van der Waals surface area contributed by atoms with Gasteiger partial charge in [-0.2, -0.15) is 0 Å². The summed E-state index contributed by atoms with van der Waals surface area (Å²) in [6.45, 7) is 3.61. The van der Waals surface area contributed by atoms with Gasteiger partial charge in [-0.15, -0.1) is 0 Å². The van der Waals surface area contributed by atoms with E-state index in [-0.39, 0.29) is 17.4 Å². The van der Waals surface area contributed by atoms with Gasteiger partial charge in [-0.1, -0.05) is 18.1 Å². The Balaban J connectivity index is 1.92. The number of ether oxygens (including phenoxy) is 1. The Bertz CT molecular complexity index is 1280. The van der Waals surface area contributed by atoms with E-state index in [4.69, 9.17) is 9.88 Å². The zero-order chi connectivity index (χ0) is 22.8. The fraction of sp³-hybridized carbons (Fsp3) is 0.333. The molecule has 1 saturated carbocycles. The highest BCUT2D eigenvalue weighted by Gasteiger charge is 2.27. The van der Waals surface area contributed by atoms with E-state index >= 15 is 0 Å². The number of aromatic nitrogens is 1. The van der Waals surface area contributed by atoms with E-state index < -0.39 is 41.2 Å². The topological polar surface area (TPSA) is 133 Å². The number of primary sulfonamides is 1. The molecule has 0 radical (unpaired) electrons. The molecule has 8 nitrogen and oxygen atoms in total. The molecular formula is C21H22N2O6S2. The Kier molecular flexibility index (Phi) is 6.50. The van der Waals surface area contributed by atoms with Crippen molar-refractivity contribution in [3.05, 3.63) is 47.8 Å². The molecule has 1 aromatic heterocycles. The number of sulfonamides is 1. The Morgan fingerprint density at radius 1 is 1.19 bits per heavy atom. The van der Waals surface area contributed by atoms with E-state index in [1.807, 2.05) is 0 Å². The van der Waals surface area contributed by atoms with Gasteiger partial charge in [-0.25, -0.2) is 27.0 Å². The second-order valence-corrected chi connectivity index (χ2v) is 10.9. The number of pyridine rings is 1. The number of hydrogen-bond donors (Lipinski definition) is 1. The lowest BCUT2D eigenvalue weighted by molar-refractivity contribution is 0.101. The molecule has 10 heteroatoms. The van der Waals surface area contributed by atoms with E-state index in [1.165, 1.54) is 24.4 Å². The molecule has 1 fully saturated rings. The lowest BCUT2D eigenvalue weighted by atomic mass is 10.2. The first-order chi connectivity index (χ1) is 14.5. The molecule has 1 aliphatic carbocycles. The van der Waals surface area contributed by atoms with Gasteiger partial charge in [-0.05, 0) is 50.8 Å². The minimum Gasteiger partial charge on any atom is -0.488 e. The summed E-state index contributed by atoms with van der Waals surface area (Å²) in [5.41, 5.74) is 0.392. The fourth-order valence-electron chi connectivity index (χ4n) is 2.71. The van der Waals surface area contributed by atoms with Crippen molar-refractivity contribution >= 4 is 25.6 Å². The van der Waals surface area contributed by atoms with Crippen molar-refractivity contribution < 1.29 is 26.4 Å². The molecule has 0 atom stereocenters. The average molecular weight is 463 g/mol. The first kappa shape index (κ1) is 22.9. The smallest absolute Gasteiger partial charge is 0.239 e. The van der Waals surface area contributed by atoms with E-state index in [0.29, 0.717) is 11.6 Å². The van der Waals surface area contributed by atoms with Crippen molar-refractivity contribution in [2.24, 2.45) is 11.1 Å². The van der Waals surface area contributed by atoms with Crippen LogP contribution in [-0.2, 0) is 19.9 Å². The Labute approximate surface area is 181 Å². The molecule has 0 aliphatic heterocycles. The Hall–Kier alpha value is -2.74. The number of benzene rings is 1. The number of sulfone groups is 1. The van der Waals surface area contributed by atoms with Gasteiger partial charge in [0.2, 0.25) is 10.0 Å². The van der Waals surface area contributed by atoms with Crippen molar-refractivity contribution in [1.82, 2.24) is 4.98 Å². The number of hydrogen-bond acceptors (Lipinski definition) is 7. The molecule has 0 amide bonds. The summed E-state index contributed by atoms with van der Waals surface area (Å²) in [4.78, 5) is 15.8. The summed E-state index contributed by atoms with van der Waals surface area (Å²) in [6.07, 6.45) is 3.12.